The van der Waals surface area contributed by atoms with E-state index in [-0.39, 0.29) is 0 Å². The van der Waals surface area contributed by atoms with E-state index in [0.29, 0.717) is 24.2 Å². The monoisotopic (exact) mass is 308 g/mol. The van der Waals surface area contributed by atoms with Gasteiger partial charge in [-0.25, -0.2) is 4.98 Å². The van der Waals surface area contributed by atoms with Gasteiger partial charge in [0.1, 0.15) is 5.82 Å². The molecule has 3 atom stereocenters. The van der Waals surface area contributed by atoms with E-state index in [9.17, 15) is 0 Å². The number of H-pyrrole nitrogens is 1. The molecule has 4 rings (SSSR count). The number of nitrogens with one attached hydrogen (secondary N) is 1. The smallest absolute Gasteiger partial charge is 0.179 e. The van der Waals surface area contributed by atoms with Crippen LogP contribution < -0.4 is 0 Å². The van der Waals surface area contributed by atoms with Gasteiger partial charge >= 0.3 is 0 Å². The van der Waals surface area contributed by atoms with Crippen LogP contribution in [0.1, 0.15) is 50.8 Å². The minimum Gasteiger partial charge on any atom is -0.345 e. The van der Waals surface area contributed by atoms with E-state index in [0.717, 1.165) is 41.9 Å². The van der Waals surface area contributed by atoms with Crippen LogP contribution in [0.5, 0.6) is 0 Å². The molecule has 1 aliphatic carbocycles. The fraction of sp³-hybridized carbons (Fsp3) is 0.529. The lowest BCUT2D eigenvalue weighted by Crippen LogP contribution is -2.09. The highest BCUT2D eigenvalue weighted by atomic mass is 15.3. The Labute approximate surface area is 134 Å². The summed E-state index contributed by atoms with van der Waals surface area (Å²) in [7, 11) is 0. The zero-order valence-electron chi connectivity index (χ0n) is 13.2. The first kappa shape index (κ1) is 14.2. The summed E-state index contributed by atoms with van der Waals surface area (Å²) in [6.07, 6.45) is 8.78. The van der Waals surface area contributed by atoms with Crippen molar-refractivity contribution in [2.45, 2.75) is 44.9 Å². The molecule has 6 heteroatoms. The maximum absolute atomic E-state index is 8.85. The number of nitrogens with zero attached hydrogens (tertiary/aromatic N) is 5. The van der Waals surface area contributed by atoms with Crippen molar-refractivity contribution in [1.29, 1.82) is 5.26 Å². The molecule has 3 aromatic rings. The standard InChI is InChI=1S/C17H20N6/c1-2-12-8-11(4-3-6-18)9-13(12)17-22-21-15-10-20-16-14(23(15)17)5-7-19-16/h5,7,10-13,19H,2-4,8-9H2,1H3/t11-,12-,13+/m1/s1. The number of hydrogen-bond acceptors (Lipinski definition) is 4. The van der Waals surface area contributed by atoms with Gasteiger partial charge in [0.15, 0.2) is 11.3 Å². The molecule has 0 aromatic carbocycles. The highest BCUT2D eigenvalue weighted by Gasteiger charge is 2.36. The van der Waals surface area contributed by atoms with Crippen LogP contribution in [-0.2, 0) is 0 Å². The summed E-state index contributed by atoms with van der Waals surface area (Å²) in [6, 6.07) is 4.31. The third-order valence-corrected chi connectivity index (χ3v) is 5.28. The van der Waals surface area contributed by atoms with Crippen LogP contribution in [0.3, 0.4) is 0 Å². The van der Waals surface area contributed by atoms with Crippen molar-refractivity contribution in [3.63, 3.8) is 0 Å². The Kier molecular flexibility index (Phi) is 3.49. The highest BCUT2D eigenvalue weighted by molar-refractivity contribution is 5.74. The maximum atomic E-state index is 8.85. The zero-order chi connectivity index (χ0) is 15.8. The molecule has 1 aliphatic rings. The first-order valence-electron chi connectivity index (χ1n) is 8.35. The van der Waals surface area contributed by atoms with Gasteiger partial charge in [0.25, 0.3) is 0 Å². The molecular weight excluding hydrogens is 288 g/mol. The summed E-state index contributed by atoms with van der Waals surface area (Å²) in [6.45, 7) is 2.25. The SMILES string of the molecule is CC[C@@H]1C[C@@H](CCC#N)C[C@@H]1c1nnc2cnc3[nH]ccc3n12. The molecule has 0 saturated heterocycles. The molecule has 0 unspecified atom stereocenters. The van der Waals surface area contributed by atoms with Gasteiger partial charge in [-0.15, -0.1) is 10.2 Å². The first-order chi connectivity index (χ1) is 11.3. The van der Waals surface area contributed by atoms with Crippen LogP contribution in [0.15, 0.2) is 18.5 Å². The minimum absolute atomic E-state index is 0.416. The Bertz CT molecular complexity index is 870. The quantitative estimate of drug-likeness (QED) is 0.800. The van der Waals surface area contributed by atoms with E-state index in [1.54, 1.807) is 6.20 Å². The number of rotatable bonds is 4. The van der Waals surface area contributed by atoms with E-state index in [2.05, 4.69) is 37.6 Å². The number of nitriles is 1. The van der Waals surface area contributed by atoms with Crippen molar-refractivity contribution in [3.05, 3.63) is 24.3 Å². The predicted molar refractivity (Wildman–Crippen MR) is 86.7 cm³/mol. The fourth-order valence-electron chi connectivity index (χ4n) is 4.15. The van der Waals surface area contributed by atoms with Crippen molar-refractivity contribution < 1.29 is 0 Å². The van der Waals surface area contributed by atoms with E-state index in [1.165, 1.54) is 6.42 Å². The molecule has 3 aromatic heterocycles. The second-order valence-electron chi connectivity index (χ2n) is 6.53. The number of hydrogen-bond donors (Lipinski definition) is 1. The Morgan fingerprint density at radius 3 is 3.13 bits per heavy atom. The molecule has 118 valence electrons. The van der Waals surface area contributed by atoms with Crippen molar-refractivity contribution in [3.8, 4) is 6.07 Å². The van der Waals surface area contributed by atoms with Gasteiger partial charge in [0.2, 0.25) is 0 Å². The minimum atomic E-state index is 0.416. The molecule has 1 N–H and O–H groups in total. The van der Waals surface area contributed by atoms with E-state index >= 15 is 0 Å². The van der Waals surface area contributed by atoms with Gasteiger partial charge in [-0.05, 0) is 37.2 Å². The van der Waals surface area contributed by atoms with Crippen LogP contribution in [0.4, 0.5) is 0 Å². The Morgan fingerprint density at radius 1 is 1.39 bits per heavy atom. The lowest BCUT2D eigenvalue weighted by atomic mass is 9.93. The third kappa shape index (κ3) is 2.27. The molecule has 0 aliphatic heterocycles. The molecule has 0 amide bonds. The van der Waals surface area contributed by atoms with Crippen LogP contribution in [-0.4, -0.2) is 24.6 Å². The number of aromatic amines is 1. The molecule has 0 bridgehead atoms. The lowest BCUT2D eigenvalue weighted by molar-refractivity contribution is 0.440. The van der Waals surface area contributed by atoms with Crippen LogP contribution >= 0.6 is 0 Å². The first-order valence-corrected chi connectivity index (χ1v) is 8.35. The van der Waals surface area contributed by atoms with Crippen LogP contribution in [0.2, 0.25) is 0 Å². The highest BCUT2D eigenvalue weighted by Crippen LogP contribution is 2.45. The van der Waals surface area contributed by atoms with Gasteiger partial charge < -0.3 is 4.98 Å². The van der Waals surface area contributed by atoms with E-state index in [4.69, 9.17) is 5.26 Å². The van der Waals surface area contributed by atoms with E-state index in [1.807, 2.05) is 12.3 Å². The summed E-state index contributed by atoms with van der Waals surface area (Å²) >= 11 is 0. The van der Waals surface area contributed by atoms with Gasteiger partial charge in [-0.3, -0.25) is 4.40 Å². The summed E-state index contributed by atoms with van der Waals surface area (Å²) in [5.74, 6) is 2.71. The summed E-state index contributed by atoms with van der Waals surface area (Å²) in [5, 5.41) is 17.7. The maximum Gasteiger partial charge on any atom is 0.179 e. The normalized spacial score (nSPS) is 24.4. The average molecular weight is 308 g/mol. The number of aromatic nitrogens is 5. The van der Waals surface area contributed by atoms with Gasteiger partial charge in [0, 0.05) is 18.5 Å². The van der Waals surface area contributed by atoms with Crippen molar-refractivity contribution in [2.24, 2.45) is 11.8 Å². The van der Waals surface area contributed by atoms with Gasteiger partial charge in [-0.2, -0.15) is 5.26 Å². The Hall–Kier alpha value is -2.42. The van der Waals surface area contributed by atoms with Crippen LogP contribution in [0, 0.1) is 23.2 Å². The van der Waals surface area contributed by atoms with Gasteiger partial charge in [0.05, 0.1) is 17.8 Å². The fourth-order valence-corrected chi connectivity index (χ4v) is 4.15. The molecule has 3 heterocycles. The van der Waals surface area contributed by atoms with E-state index < -0.39 is 0 Å². The van der Waals surface area contributed by atoms with Gasteiger partial charge in [-0.1, -0.05) is 13.3 Å². The lowest BCUT2D eigenvalue weighted by Gasteiger charge is -2.16. The zero-order valence-corrected chi connectivity index (χ0v) is 13.2. The second-order valence-corrected chi connectivity index (χ2v) is 6.53. The Morgan fingerprint density at radius 2 is 2.30 bits per heavy atom. The molecule has 23 heavy (non-hydrogen) atoms. The average Bonchev–Trinajstić information content (AvgIpc) is 3.28. The molecular formula is C17H20N6. The summed E-state index contributed by atoms with van der Waals surface area (Å²) in [5.41, 5.74) is 2.71. The van der Waals surface area contributed by atoms with Crippen molar-refractivity contribution >= 4 is 16.8 Å². The largest absolute Gasteiger partial charge is 0.345 e. The predicted octanol–water partition coefficient (Wildman–Crippen LogP) is 3.43. The Balaban J connectivity index is 1.76. The molecule has 1 saturated carbocycles. The third-order valence-electron chi connectivity index (χ3n) is 5.28. The van der Waals surface area contributed by atoms with Crippen LogP contribution in [0.25, 0.3) is 16.8 Å². The molecule has 0 radical (unpaired) electrons. The molecule has 0 spiro atoms. The topological polar surface area (TPSA) is 82.7 Å². The molecule has 1 fully saturated rings. The second kappa shape index (κ2) is 5.65. The van der Waals surface area contributed by atoms with Crippen molar-refractivity contribution in [2.75, 3.05) is 0 Å². The van der Waals surface area contributed by atoms with Crippen molar-refractivity contribution in [1.82, 2.24) is 24.6 Å². The number of fused-ring (bicyclic) bond motifs is 3. The molecule has 6 nitrogen and oxygen atoms in total. The summed E-state index contributed by atoms with van der Waals surface area (Å²) < 4.78 is 2.15. The summed E-state index contributed by atoms with van der Waals surface area (Å²) in [4.78, 5) is 7.55.